The van der Waals surface area contributed by atoms with E-state index in [9.17, 15) is 18.0 Å². The van der Waals surface area contributed by atoms with Crippen LogP contribution in [0.1, 0.15) is 23.5 Å². The first-order chi connectivity index (χ1) is 14.4. The van der Waals surface area contributed by atoms with Crippen molar-refractivity contribution >= 4 is 16.8 Å². The molecular weight excluding hydrogens is 395 g/mol. The Bertz CT molecular complexity index is 1040. The second-order valence-electron chi connectivity index (χ2n) is 7.36. The van der Waals surface area contributed by atoms with Crippen LogP contribution in [-0.2, 0) is 11.2 Å². The van der Waals surface area contributed by atoms with E-state index in [1.807, 2.05) is 30.5 Å². The Morgan fingerprint density at radius 1 is 1.13 bits per heavy atom. The largest absolute Gasteiger partial charge is 0.468 e. The second-order valence-corrected chi connectivity index (χ2v) is 7.36. The number of benzene rings is 1. The van der Waals surface area contributed by atoms with E-state index in [0.717, 1.165) is 28.5 Å². The van der Waals surface area contributed by atoms with Gasteiger partial charge in [-0.1, -0.05) is 24.3 Å². The lowest BCUT2D eigenvalue weighted by molar-refractivity contribution is -0.154. The lowest BCUT2D eigenvalue weighted by Crippen LogP contribution is -2.27. The lowest BCUT2D eigenvalue weighted by atomic mass is 10.1. The van der Waals surface area contributed by atoms with Gasteiger partial charge in [0.2, 0.25) is 11.8 Å². The molecule has 1 aliphatic carbocycles. The molecule has 1 aliphatic rings. The van der Waals surface area contributed by atoms with Gasteiger partial charge in [0.25, 0.3) is 0 Å². The molecule has 1 N–H and O–H groups in total. The number of rotatable bonds is 7. The van der Waals surface area contributed by atoms with Gasteiger partial charge in [0, 0.05) is 36.3 Å². The van der Waals surface area contributed by atoms with Crippen LogP contribution in [0.15, 0.2) is 54.9 Å². The van der Waals surface area contributed by atoms with Gasteiger partial charge in [-0.3, -0.25) is 9.78 Å². The summed E-state index contributed by atoms with van der Waals surface area (Å²) in [6, 6.07) is 13.0. The van der Waals surface area contributed by atoms with E-state index in [-0.39, 0.29) is 23.6 Å². The average molecular weight is 415 g/mol. The third kappa shape index (κ3) is 5.06. The van der Waals surface area contributed by atoms with Gasteiger partial charge in [0.1, 0.15) is 0 Å². The maximum absolute atomic E-state index is 12.4. The van der Waals surface area contributed by atoms with E-state index in [2.05, 4.69) is 26.1 Å². The smallest absolute Gasteiger partial charge is 0.422 e. The van der Waals surface area contributed by atoms with E-state index >= 15 is 0 Å². The van der Waals surface area contributed by atoms with Crippen molar-refractivity contribution in [2.75, 3.05) is 13.2 Å². The monoisotopic (exact) mass is 415 g/mol. The van der Waals surface area contributed by atoms with Gasteiger partial charge in [0.05, 0.1) is 5.52 Å². The summed E-state index contributed by atoms with van der Waals surface area (Å²) >= 11 is 0. The molecule has 30 heavy (non-hydrogen) atoms. The van der Waals surface area contributed by atoms with Crippen LogP contribution in [0.3, 0.4) is 0 Å². The van der Waals surface area contributed by atoms with Crippen molar-refractivity contribution in [1.82, 2.24) is 15.3 Å². The molecule has 1 aromatic carbocycles. The standard InChI is InChI=1S/C22H20F3N3O2/c23-22(24,25)13-30-20-6-5-14(11-28-20)7-8-26-21(29)18-10-17(18)16-9-15-3-1-2-4-19(15)27-12-16/h1-6,9,11-12,17-18H,7-8,10,13H2,(H,26,29). The lowest BCUT2D eigenvalue weighted by Gasteiger charge is -2.09. The summed E-state index contributed by atoms with van der Waals surface area (Å²) in [4.78, 5) is 20.7. The minimum absolute atomic E-state index is 0.00579. The van der Waals surface area contributed by atoms with E-state index in [1.54, 1.807) is 6.07 Å². The minimum Gasteiger partial charge on any atom is -0.468 e. The molecule has 4 rings (SSSR count). The molecule has 2 heterocycles. The topological polar surface area (TPSA) is 64.1 Å². The number of pyridine rings is 2. The van der Waals surface area contributed by atoms with E-state index < -0.39 is 12.8 Å². The number of carbonyl (C=O) groups is 1. The Labute approximate surface area is 171 Å². The summed E-state index contributed by atoms with van der Waals surface area (Å²) in [5.74, 6) is 0.0641. The number of hydrogen-bond donors (Lipinski definition) is 1. The summed E-state index contributed by atoms with van der Waals surface area (Å²) in [5, 5.41) is 3.99. The van der Waals surface area contributed by atoms with E-state index in [1.165, 1.54) is 12.3 Å². The van der Waals surface area contributed by atoms with Crippen LogP contribution < -0.4 is 10.1 Å². The van der Waals surface area contributed by atoms with Crippen LogP contribution in [-0.4, -0.2) is 35.2 Å². The predicted molar refractivity (Wildman–Crippen MR) is 105 cm³/mol. The summed E-state index contributed by atoms with van der Waals surface area (Å²) in [7, 11) is 0. The molecule has 0 aliphatic heterocycles. The number of amides is 1. The summed E-state index contributed by atoms with van der Waals surface area (Å²) in [6.45, 7) is -0.937. The summed E-state index contributed by atoms with van der Waals surface area (Å²) < 4.78 is 41.0. The molecule has 156 valence electrons. The van der Waals surface area contributed by atoms with Crippen LogP contribution in [0.2, 0.25) is 0 Å². The van der Waals surface area contributed by atoms with Gasteiger partial charge in [-0.05, 0) is 42.0 Å². The molecule has 0 spiro atoms. The highest BCUT2D eigenvalue weighted by Gasteiger charge is 2.44. The van der Waals surface area contributed by atoms with Gasteiger partial charge in [-0.15, -0.1) is 0 Å². The number of ether oxygens (including phenoxy) is 1. The zero-order valence-corrected chi connectivity index (χ0v) is 16.0. The quantitative estimate of drug-likeness (QED) is 0.633. The average Bonchev–Trinajstić information content (AvgIpc) is 3.53. The van der Waals surface area contributed by atoms with Gasteiger partial charge < -0.3 is 10.1 Å². The normalized spacial score (nSPS) is 18.2. The summed E-state index contributed by atoms with van der Waals surface area (Å²) in [5.41, 5.74) is 2.82. The second kappa shape index (κ2) is 8.30. The van der Waals surface area contributed by atoms with Gasteiger partial charge in [-0.2, -0.15) is 13.2 Å². The fourth-order valence-corrected chi connectivity index (χ4v) is 3.41. The van der Waals surface area contributed by atoms with Crippen LogP contribution in [0.4, 0.5) is 13.2 Å². The maximum atomic E-state index is 12.4. The fourth-order valence-electron chi connectivity index (χ4n) is 3.41. The van der Waals surface area contributed by atoms with Crippen molar-refractivity contribution < 1.29 is 22.7 Å². The first-order valence-corrected chi connectivity index (χ1v) is 9.66. The Hall–Kier alpha value is -3.16. The van der Waals surface area contributed by atoms with Crippen LogP contribution >= 0.6 is 0 Å². The highest BCUT2D eigenvalue weighted by molar-refractivity contribution is 5.84. The molecule has 0 saturated heterocycles. The molecule has 3 aromatic rings. The number of alkyl halides is 3. The molecule has 1 saturated carbocycles. The van der Waals surface area contributed by atoms with Gasteiger partial charge in [-0.25, -0.2) is 4.98 Å². The number of halogens is 3. The number of fused-ring (bicyclic) bond motifs is 1. The van der Waals surface area contributed by atoms with E-state index in [4.69, 9.17) is 0 Å². The number of hydrogen-bond acceptors (Lipinski definition) is 4. The molecule has 2 unspecified atom stereocenters. The van der Waals surface area contributed by atoms with Crippen molar-refractivity contribution in [1.29, 1.82) is 0 Å². The predicted octanol–water partition coefficient (Wildman–Crippen LogP) is 4.03. The van der Waals surface area contributed by atoms with Crippen molar-refractivity contribution in [3.05, 3.63) is 66.0 Å². The zero-order chi connectivity index (χ0) is 21.1. The van der Waals surface area contributed by atoms with Crippen LogP contribution in [0, 0.1) is 5.92 Å². The molecule has 0 radical (unpaired) electrons. The van der Waals surface area contributed by atoms with Crippen molar-refractivity contribution in [3.8, 4) is 5.88 Å². The molecular formula is C22H20F3N3O2. The molecule has 2 aromatic heterocycles. The number of nitrogens with one attached hydrogen (secondary N) is 1. The Kier molecular flexibility index (Phi) is 5.57. The van der Waals surface area contributed by atoms with E-state index in [0.29, 0.717) is 13.0 Å². The van der Waals surface area contributed by atoms with Gasteiger partial charge in [0.15, 0.2) is 6.61 Å². The van der Waals surface area contributed by atoms with Crippen molar-refractivity contribution in [2.24, 2.45) is 5.92 Å². The number of aromatic nitrogens is 2. The first-order valence-electron chi connectivity index (χ1n) is 9.66. The Balaban J connectivity index is 1.23. The zero-order valence-electron chi connectivity index (χ0n) is 16.0. The SMILES string of the molecule is O=C(NCCc1ccc(OCC(F)(F)F)nc1)C1CC1c1cnc2ccccc2c1. The minimum atomic E-state index is -4.39. The number of para-hydroxylation sites is 1. The van der Waals surface area contributed by atoms with Crippen LogP contribution in [0.25, 0.3) is 10.9 Å². The summed E-state index contributed by atoms with van der Waals surface area (Å²) in [6.07, 6.45) is 0.243. The molecule has 8 heteroatoms. The molecule has 0 bridgehead atoms. The van der Waals surface area contributed by atoms with Gasteiger partial charge >= 0.3 is 6.18 Å². The maximum Gasteiger partial charge on any atom is 0.422 e. The van der Waals surface area contributed by atoms with Crippen LogP contribution in [0.5, 0.6) is 5.88 Å². The molecule has 2 atom stereocenters. The molecule has 1 amide bonds. The molecule has 5 nitrogen and oxygen atoms in total. The van der Waals surface area contributed by atoms with Crippen molar-refractivity contribution in [3.63, 3.8) is 0 Å². The number of nitrogens with zero attached hydrogens (tertiary/aromatic N) is 2. The first kappa shape index (κ1) is 20.1. The third-order valence-corrected chi connectivity index (χ3v) is 5.06. The fraction of sp³-hybridized carbons (Fsp3) is 0.318. The number of carbonyl (C=O) groups excluding carboxylic acids is 1. The highest BCUT2D eigenvalue weighted by Crippen LogP contribution is 2.47. The Morgan fingerprint density at radius 3 is 2.73 bits per heavy atom. The highest BCUT2D eigenvalue weighted by atomic mass is 19.4. The third-order valence-electron chi connectivity index (χ3n) is 5.06. The van der Waals surface area contributed by atoms with Crippen molar-refractivity contribution in [2.45, 2.75) is 24.9 Å². The molecule has 1 fully saturated rings. The Morgan fingerprint density at radius 2 is 1.97 bits per heavy atom.